The normalized spacial score (nSPS) is 10.4. The van der Waals surface area contributed by atoms with Crippen LogP contribution in [0.3, 0.4) is 0 Å². The van der Waals surface area contributed by atoms with E-state index >= 15 is 0 Å². The van der Waals surface area contributed by atoms with Crippen molar-refractivity contribution in [2.45, 2.75) is 6.42 Å². The van der Waals surface area contributed by atoms with Crippen molar-refractivity contribution in [3.63, 3.8) is 0 Å². The summed E-state index contributed by atoms with van der Waals surface area (Å²) in [6, 6.07) is 3.59. The zero-order valence-electron chi connectivity index (χ0n) is 8.83. The molecule has 2 heterocycles. The number of carbonyl (C=O) groups is 1. The van der Waals surface area contributed by atoms with Gasteiger partial charge in [-0.3, -0.25) is 4.98 Å². The van der Waals surface area contributed by atoms with E-state index in [0.717, 1.165) is 5.56 Å². The molecule has 2 N–H and O–H groups in total. The lowest BCUT2D eigenvalue weighted by Crippen LogP contribution is -2.02. The van der Waals surface area contributed by atoms with Crippen molar-refractivity contribution in [3.05, 3.63) is 35.1 Å². The fourth-order valence-electron chi connectivity index (χ4n) is 1.40. The lowest BCUT2D eigenvalue weighted by atomic mass is 10.3. The Morgan fingerprint density at radius 3 is 2.88 bits per heavy atom. The van der Waals surface area contributed by atoms with Crippen molar-refractivity contribution in [1.82, 2.24) is 9.97 Å². The first-order valence-corrected chi connectivity index (χ1v) is 5.78. The SMILES string of the molecule is O=C(O)c1nc(-c2cccnc2)sc1CCO. The van der Waals surface area contributed by atoms with Crippen LogP contribution in [0.2, 0.25) is 0 Å². The Hall–Kier alpha value is -1.79. The van der Waals surface area contributed by atoms with Crippen LogP contribution < -0.4 is 0 Å². The van der Waals surface area contributed by atoms with Gasteiger partial charge in [0.25, 0.3) is 0 Å². The largest absolute Gasteiger partial charge is 0.476 e. The Morgan fingerprint density at radius 1 is 1.47 bits per heavy atom. The van der Waals surface area contributed by atoms with Crippen molar-refractivity contribution in [2.24, 2.45) is 0 Å². The number of hydrogen-bond acceptors (Lipinski definition) is 5. The van der Waals surface area contributed by atoms with E-state index in [0.29, 0.717) is 16.3 Å². The zero-order valence-corrected chi connectivity index (χ0v) is 9.65. The molecule has 0 saturated carbocycles. The van der Waals surface area contributed by atoms with E-state index in [1.54, 1.807) is 18.5 Å². The molecule has 88 valence electrons. The van der Waals surface area contributed by atoms with Crippen LogP contribution in [-0.2, 0) is 6.42 Å². The maximum Gasteiger partial charge on any atom is 0.355 e. The van der Waals surface area contributed by atoms with Gasteiger partial charge >= 0.3 is 5.97 Å². The predicted molar refractivity (Wildman–Crippen MR) is 63.1 cm³/mol. The van der Waals surface area contributed by atoms with Crippen LogP contribution >= 0.6 is 11.3 Å². The van der Waals surface area contributed by atoms with E-state index in [2.05, 4.69) is 9.97 Å². The van der Waals surface area contributed by atoms with Crippen molar-refractivity contribution in [2.75, 3.05) is 6.61 Å². The molecule has 0 saturated heterocycles. The van der Waals surface area contributed by atoms with E-state index < -0.39 is 5.97 Å². The Labute approximate surface area is 101 Å². The van der Waals surface area contributed by atoms with Gasteiger partial charge in [0.2, 0.25) is 0 Å². The minimum Gasteiger partial charge on any atom is -0.476 e. The van der Waals surface area contributed by atoms with Gasteiger partial charge in [0, 0.05) is 35.9 Å². The van der Waals surface area contributed by atoms with Crippen LogP contribution in [0.4, 0.5) is 0 Å². The maximum atomic E-state index is 11.0. The standard InChI is InChI=1S/C11H10N2O3S/c14-5-3-8-9(11(15)16)13-10(17-8)7-2-1-4-12-6-7/h1-2,4,6,14H,3,5H2,(H,15,16). The van der Waals surface area contributed by atoms with Crippen molar-refractivity contribution < 1.29 is 15.0 Å². The molecular formula is C11H10N2O3S. The molecule has 6 heteroatoms. The number of aliphatic hydroxyl groups is 1. The number of aromatic carboxylic acids is 1. The topological polar surface area (TPSA) is 83.3 Å². The predicted octanol–water partition coefficient (Wildman–Crippen LogP) is 1.44. The van der Waals surface area contributed by atoms with Gasteiger partial charge in [-0.05, 0) is 12.1 Å². The molecule has 0 fully saturated rings. The Morgan fingerprint density at radius 2 is 2.29 bits per heavy atom. The molecule has 0 atom stereocenters. The van der Waals surface area contributed by atoms with E-state index in [-0.39, 0.29) is 12.3 Å². The summed E-state index contributed by atoms with van der Waals surface area (Å²) in [5.41, 5.74) is 0.798. The van der Waals surface area contributed by atoms with E-state index in [9.17, 15) is 4.79 Å². The monoisotopic (exact) mass is 250 g/mol. The molecule has 2 rings (SSSR count). The summed E-state index contributed by atoms with van der Waals surface area (Å²) in [4.78, 5) is 19.6. The summed E-state index contributed by atoms with van der Waals surface area (Å²) in [6.45, 7) is -0.0883. The van der Waals surface area contributed by atoms with Crippen LogP contribution in [0.1, 0.15) is 15.4 Å². The van der Waals surface area contributed by atoms with Gasteiger partial charge in [-0.1, -0.05) is 0 Å². The lowest BCUT2D eigenvalue weighted by molar-refractivity contribution is 0.0690. The van der Waals surface area contributed by atoms with Crippen LogP contribution in [0.5, 0.6) is 0 Å². The first-order valence-electron chi connectivity index (χ1n) is 4.96. The molecule has 0 aliphatic carbocycles. The third-order valence-electron chi connectivity index (χ3n) is 2.15. The quantitative estimate of drug-likeness (QED) is 0.857. The fraction of sp³-hybridized carbons (Fsp3) is 0.182. The highest BCUT2D eigenvalue weighted by molar-refractivity contribution is 7.15. The molecule has 0 aliphatic heterocycles. The highest BCUT2D eigenvalue weighted by Crippen LogP contribution is 2.27. The molecule has 0 bridgehead atoms. The van der Waals surface area contributed by atoms with Gasteiger partial charge in [0.15, 0.2) is 5.69 Å². The molecule has 0 spiro atoms. The first kappa shape index (κ1) is 11.7. The average Bonchev–Trinajstić information content (AvgIpc) is 2.75. The van der Waals surface area contributed by atoms with Crippen LogP contribution in [0.15, 0.2) is 24.5 Å². The van der Waals surface area contributed by atoms with Crippen molar-refractivity contribution in [3.8, 4) is 10.6 Å². The number of aromatic nitrogens is 2. The number of carboxylic acids is 1. The number of hydrogen-bond donors (Lipinski definition) is 2. The van der Waals surface area contributed by atoms with Crippen molar-refractivity contribution >= 4 is 17.3 Å². The lowest BCUT2D eigenvalue weighted by Gasteiger charge is -1.92. The fourth-order valence-corrected chi connectivity index (χ4v) is 2.43. The van der Waals surface area contributed by atoms with E-state index in [1.165, 1.54) is 11.3 Å². The minimum absolute atomic E-state index is 0.0166. The molecule has 17 heavy (non-hydrogen) atoms. The molecule has 2 aromatic rings. The van der Waals surface area contributed by atoms with Gasteiger partial charge in [-0.15, -0.1) is 11.3 Å². The molecule has 0 aromatic carbocycles. The van der Waals surface area contributed by atoms with Gasteiger partial charge in [-0.2, -0.15) is 0 Å². The van der Waals surface area contributed by atoms with Crippen LogP contribution in [0.25, 0.3) is 10.6 Å². The molecule has 0 amide bonds. The smallest absolute Gasteiger partial charge is 0.355 e. The molecule has 2 aromatic heterocycles. The molecule has 0 aliphatic rings. The zero-order chi connectivity index (χ0) is 12.3. The van der Waals surface area contributed by atoms with E-state index in [1.807, 2.05) is 6.07 Å². The summed E-state index contributed by atoms with van der Waals surface area (Å²) in [5, 5.41) is 18.5. The number of nitrogens with zero attached hydrogens (tertiary/aromatic N) is 2. The van der Waals surface area contributed by atoms with Crippen LogP contribution in [0, 0.1) is 0 Å². The second-order valence-electron chi connectivity index (χ2n) is 3.31. The summed E-state index contributed by atoms with van der Waals surface area (Å²) in [7, 11) is 0. The Balaban J connectivity index is 2.44. The first-order chi connectivity index (χ1) is 8.22. The third-order valence-corrected chi connectivity index (χ3v) is 3.31. The Bertz CT molecular complexity index is 525. The molecule has 5 nitrogen and oxygen atoms in total. The summed E-state index contributed by atoms with van der Waals surface area (Å²) in [6.07, 6.45) is 3.58. The van der Waals surface area contributed by atoms with E-state index in [4.69, 9.17) is 10.2 Å². The highest BCUT2D eigenvalue weighted by atomic mass is 32.1. The third kappa shape index (κ3) is 2.48. The van der Waals surface area contributed by atoms with Gasteiger partial charge in [0.05, 0.1) is 0 Å². The van der Waals surface area contributed by atoms with Gasteiger partial charge in [-0.25, -0.2) is 9.78 Å². The number of carboxylic acid groups (broad SMARTS) is 1. The highest BCUT2D eigenvalue weighted by Gasteiger charge is 2.17. The Kier molecular flexibility index (Phi) is 3.46. The second-order valence-corrected chi connectivity index (χ2v) is 4.39. The number of thiazole rings is 1. The number of pyridine rings is 1. The maximum absolute atomic E-state index is 11.0. The van der Waals surface area contributed by atoms with Crippen LogP contribution in [-0.4, -0.2) is 32.8 Å². The van der Waals surface area contributed by atoms with Gasteiger partial charge in [0.1, 0.15) is 5.01 Å². The number of rotatable bonds is 4. The molecular weight excluding hydrogens is 240 g/mol. The second kappa shape index (κ2) is 5.03. The summed E-state index contributed by atoms with van der Waals surface area (Å²) in [5.74, 6) is -1.07. The minimum atomic E-state index is -1.07. The number of aliphatic hydroxyl groups excluding tert-OH is 1. The molecule has 0 unspecified atom stereocenters. The molecule has 0 radical (unpaired) electrons. The van der Waals surface area contributed by atoms with Crippen molar-refractivity contribution in [1.29, 1.82) is 0 Å². The average molecular weight is 250 g/mol. The summed E-state index contributed by atoms with van der Waals surface area (Å²) < 4.78 is 0. The van der Waals surface area contributed by atoms with Gasteiger partial charge < -0.3 is 10.2 Å². The summed E-state index contributed by atoms with van der Waals surface area (Å²) >= 11 is 1.27.